The first-order chi connectivity index (χ1) is 4.22. The van der Waals surface area contributed by atoms with Gasteiger partial charge in [-0.05, 0) is 19.3 Å². The van der Waals surface area contributed by atoms with Gasteiger partial charge in [0.1, 0.15) is 0 Å². The molecule has 0 aromatic rings. The largest absolute Gasteiger partial charge is 0.390 e. The third-order valence-corrected chi connectivity index (χ3v) is 1.87. The Morgan fingerprint density at radius 1 is 1.22 bits per heavy atom. The maximum absolute atomic E-state index is 9.07. The number of hydrogen-bond acceptors (Lipinski definition) is 3. The summed E-state index contributed by atoms with van der Waals surface area (Å²) in [5.74, 6) is 0. The molecule has 1 rings (SSSR count). The Morgan fingerprint density at radius 3 is 2.33 bits per heavy atom. The molecule has 0 heterocycles. The molecule has 3 heteroatoms. The van der Waals surface area contributed by atoms with Gasteiger partial charge in [-0.15, -0.1) is 0 Å². The van der Waals surface area contributed by atoms with E-state index in [4.69, 9.17) is 15.9 Å². The predicted octanol–water partition coefficient (Wildman–Crippen LogP) is -0.781. The van der Waals surface area contributed by atoms with Crippen LogP contribution in [0.3, 0.4) is 0 Å². The van der Waals surface area contributed by atoms with E-state index in [9.17, 15) is 0 Å². The van der Waals surface area contributed by atoms with Gasteiger partial charge in [0.05, 0.1) is 12.2 Å². The Kier molecular flexibility index (Phi) is 2.05. The summed E-state index contributed by atoms with van der Waals surface area (Å²) < 4.78 is 0. The van der Waals surface area contributed by atoms with Gasteiger partial charge in [-0.2, -0.15) is 0 Å². The minimum Gasteiger partial charge on any atom is -0.390 e. The third kappa shape index (κ3) is 1.41. The highest BCUT2D eigenvalue weighted by molar-refractivity contribution is 4.83. The summed E-state index contributed by atoms with van der Waals surface area (Å²) >= 11 is 0. The van der Waals surface area contributed by atoms with Crippen molar-refractivity contribution in [3.63, 3.8) is 0 Å². The first-order valence-electron chi connectivity index (χ1n) is 3.33. The molecule has 3 atom stereocenters. The third-order valence-electron chi connectivity index (χ3n) is 1.87. The number of aliphatic hydroxyl groups is 2. The highest BCUT2D eigenvalue weighted by Crippen LogP contribution is 2.16. The Morgan fingerprint density at radius 2 is 1.89 bits per heavy atom. The highest BCUT2D eigenvalue weighted by Gasteiger charge is 2.26. The van der Waals surface area contributed by atoms with E-state index >= 15 is 0 Å². The van der Waals surface area contributed by atoms with Crippen LogP contribution in [-0.4, -0.2) is 28.5 Å². The lowest BCUT2D eigenvalue weighted by Crippen LogP contribution is -2.46. The van der Waals surface area contributed by atoms with Gasteiger partial charge in [0.2, 0.25) is 0 Å². The number of rotatable bonds is 0. The molecular formula is C6H13NO2. The fourth-order valence-electron chi connectivity index (χ4n) is 1.19. The van der Waals surface area contributed by atoms with Gasteiger partial charge in [-0.3, -0.25) is 0 Å². The fraction of sp³-hybridized carbons (Fsp3) is 1.00. The van der Waals surface area contributed by atoms with Gasteiger partial charge < -0.3 is 15.9 Å². The standard InChI is InChI=1S/C6H13NO2/c7-4-2-1-3-5(8)6(4)9/h4-6,8-9H,1-3,7H2. The van der Waals surface area contributed by atoms with E-state index in [1.54, 1.807) is 0 Å². The lowest BCUT2D eigenvalue weighted by atomic mass is 9.91. The number of nitrogens with two attached hydrogens (primary N) is 1. The van der Waals surface area contributed by atoms with Crippen molar-refractivity contribution in [3.8, 4) is 0 Å². The molecule has 1 aliphatic carbocycles. The average Bonchev–Trinajstić information content (AvgIpc) is 1.83. The molecule has 0 amide bonds. The zero-order chi connectivity index (χ0) is 6.85. The van der Waals surface area contributed by atoms with Crippen molar-refractivity contribution < 1.29 is 10.2 Å². The second-order valence-electron chi connectivity index (χ2n) is 2.65. The zero-order valence-corrected chi connectivity index (χ0v) is 5.33. The van der Waals surface area contributed by atoms with Crippen molar-refractivity contribution in [2.24, 2.45) is 5.73 Å². The quantitative estimate of drug-likeness (QED) is 0.404. The van der Waals surface area contributed by atoms with Gasteiger partial charge in [-0.25, -0.2) is 0 Å². The lowest BCUT2D eigenvalue weighted by Gasteiger charge is -2.28. The molecule has 0 aromatic carbocycles. The van der Waals surface area contributed by atoms with Crippen LogP contribution >= 0.6 is 0 Å². The Balaban J connectivity index is 2.41. The van der Waals surface area contributed by atoms with E-state index in [1.807, 2.05) is 0 Å². The predicted molar refractivity (Wildman–Crippen MR) is 33.8 cm³/mol. The Labute approximate surface area is 54.5 Å². The van der Waals surface area contributed by atoms with Crippen LogP contribution in [0.1, 0.15) is 19.3 Å². The first-order valence-corrected chi connectivity index (χ1v) is 3.33. The van der Waals surface area contributed by atoms with Crippen LogP contribution in [0.4, 0.5) is 0 Å². The molecule has 0 bridgehead atoms. The van der Waals surface area contributed by atoms with Gasteiger partial charge in [-0.1, -0.05) is 0 Å². The van der Waals surface area contributed by atoms with Crippen molar-refractivity contribution in [1.82, 2.24) is 0 Å². The molecule has 0 saturated heterocycles. The first kappa shape index (κ1) is 6.99. The molecule has 0 spiro atoms. The maximum atomic E-state index is 9.07. The molecule has 0 aliphatic heterocycles. The minimum atomic E-state index is -0.696. The zero-order valence-electron chi connectivity index (χ0n) is 5.33. The van der Waals surface area contributed by atoms with Crippen LogP contribution in [-0.2, 0) is 0 Å². The summed E-state index contributed by atoms with van der Waals surface area (Å²) in [5, 5.41) is 18.1. The molecule has 4 N–H and O–H groups in total. The SMILES string of the molecule is NC1CCCC(O)C1O. The molecule has 9 heavy (non-hydrogen) atoms. The van der Waals surface area contributed by atoms with E-state index in [2.05, 4.69) is 0 Å². The van der Waals surface area contributed by atoms with Crippen LogP contribution in [0.15, 0.2) is 0 Å². The second kappa shape index (κ2) is 2.64. The molecule has 0 aromatic heterocycles. The van der Waals surface area contributed by atoms with Crippen molar-refractivity contribution in [1.29, 1.82) is 0 Å². The maximum Gasteiger partial charge on any atom is 0.0949 e. The molecule has 3 nitrogen and oxygen atoms in total. The summed E-state index contributed by atoms with van der Waals surface area (Å²) in [6.45, 7) is 0. The van der Waals surface area contributed by atoms with E-state index in [0.29, 0.717) is 6.42 Å². The summed E-state index contributed by atoms with van der Waals surface area (Å²) in [4.78, 5) is 0. The molecular weight excluding hydrogens is 118 g/mol. The van der Waals surface area contributed by atoms with Crippen LogP contribution < -0.4 is 5.73 Å². The van der Waals surface area contributed by atoms with Gasteiger partial charge >= 0.3 is 0 Å². The molecule has 0 radical (unpaired) electrons. The highest BCUT2D eigenvalue weighted by atomic mass is 16.3. The molecule has 54 valence electrons. The van der Waals surface area contributed by atoms with Crippen LogP contribution in [0.2, 0.25) is 0 Å². The van der Waals surface area contributed by atoms with Gasteiger partial charge in [0, 0.05) is 6.04 Å². The molecule has 1 fully saturated rings. The molecule has 1 saturated carbocycles. The fourth-order valence-corrected chi connectivity index (χ4v) is 1.19. The number of aliphatic hydroxyl groups excluding tert-OH is 2. The van der Waals surface area contributed by atoms with E-state index in [-0.39, 0.29) is 6.04 Å². The van der Waals surface area contributed by atoms with Crippen LogP contribution in [0, 0.1) is 0 Å². The molecule has 3 unspecified atom stereocenters. The van der Waals surface area contributed by atoms with E-state index in [0.717, 1.165) is 12.8 Å². The van der Waals surface area contributed by atoms with Gasteiger partial charge in [0.15, 0.2) is 0 Å². The Bertz CT molecular complexity index is 87.1. The van der Waals surface area contributed by atoms with Crippen molar-refractivity contribution >= 4 is 0 Å². The minimum absolute atomic E-state index is 0.214. The lowest BCUT2D eigenvalue weighted by molar-refractivity contribution is -0.0205. The summed E-state index contributed by atoms with van der Waals surface area (Å²) in [6.07, 6.45) is 1.17. The van der Waals surface area contributed by atoms with Crippen LogP contribution in [0.25, 0.3) is 0 Å². The summed E-state index contributed by atoms with van der Waals surface area (Å²) in [6, 6.07) is -0.214. The number of hydrogen-bond donors (Lipinski definition) is 3. The second-order valence-corrected chi connectivity index (χ2v) is 2.65. The van der Waals surface area contributed by atoms with E-state index in [1.165, 1.54) is 0 Å². The smallest absolute Gasteiger partial charge is 0.0949 e. The normalized spacial score (nSPS) is 45.0. The van der Waals surface area contributed by atoms with Gasteiger partial charge in [0.25, 0.3) is 0 Å². The average molecular weight is 131 g/mol. The Hall–Kier alpha value is -0.120. The topological polar surface area (TPSA) is 66.5 Å². The monoisotopic (exact) mass is 131 g/mol. The van der Waals surface area contributed by atoms with Crippen molar-refractivity contribution in [2.45, 2.75) is 37.5 Å². The molecule has 1 aliphatic rings. The summed E-state index contributed by atoms with van der Waals surface area (Å²) in [7, 11) is 0. The summed E-state index contributed by atoms with van der Waals surface area (Å²) in [5.41, 5.74) is 5.46. The van der Waals surface area contributed by atoms with Crippen LogP contribution in [0.5, 0.6) is 0 Å². The van der Waals surface area contributed by atoms with Crippen molar-refractivity contribution in [3.05, 3.63) is 0 Å². The van der Waals surface area contributed by atoms with Crippen molar-refractivity contribution in [2.75, 3.05) is 0 Å². The van der Waals surface area contributed by atoms with E-state index < -0.39 is 12.2 Å².